The monoisotopic (exact) mass is 377 g/mol. The first kappa shape index (κ1) is 17.3. The molecule has 8 heteroatoms. The SMILES string of the molecule is COc1c(Cl)ccc(Cl)c1C(=O)NCc1nnc(-c2ccccc2)o1. The highest BCUT2D eigenvalue weighted by Gasteiger charge is 2.20. The van der Waals surface area contributed by atoms with Crippen molar-refractivity contribution in [2.75, 3.05) is 7.11 Å². The molecule has 0 bridgehead atoms. The van der Waals surface area contributed by atoms with Gasteiger partial charge in [0.25, 0.3) is 5.91 Å². The van der Waals surface area contributed by atoms with Gasteiger partial charge < -0.3 is 14.5 Å². The summed E-state index contributed by atoms with van der Waals surface area (Å²) in [5.74, 6) is 0.401. The van der Waals surface area contributed by atoms with Crippen LogP contribution in [0.3, 0.4) is 0 Å². The average Bonchev–Trinajstić information content (AvgIpc) is 3.11. The predicted molar refractivity (Wildman–Crippen MR) is 93.9 cm³/mol. The molecule has 0 aliphatic heterocycles. The van der Waals surface area contributed by atoms with E-state index in [1.165, 1.54) is 13.2 Å². The number of carbonyl (C=O) groups excluding carboxylic acids is 1. The third-order valence-corrected chi connectivity index (χ3v) is 3.99. The van der Waals surface area contributed by atoms with Crippen molar-refractivity contribution >= 4 is 29.1 Å². The lowest BCUT2D eigenvalue weighted by molar-refractivity contribution is 0.0944. The van der Waals surface area contributed by atoms with Gasteiger partial charge in [0.15, 0.2) is 5.75 Å². The van der Waals surface area contributed by atoms with E-state index in [1.54, 1.807) is 6.07 Å². The Kier molecular flexibility index (Phi) is 5.21. The average molecular weight is 378 g/mol. The number of benzene rings is 2. The Balaban J connectivity index is 1.74. The van der Waals surface area contributed by atoms with E-state index in [4.69, 9.17) is 32.4 Å². The molecule has 1 amide bonds. The molecular weight excluding hydrogens is 365 g/mol. The Bertz CT molecular complexity index is 897. The molecule has 6 nitrogen and oxygen atoms in total. The molecule has 25 heavy (non-hydrogen) atoms. The van der Waals surface area contributed by atoms with E-state index in [0.717, 1.165) is 5.56 Å². The second kappa shape index (κ2) is 7.55. The van der Waals surface area contributed by atoms with E-state index in [-0.39, 0.29) is 28.8 Å². The Morgan fingerprint density at radius 1 is 1.12 bits per heavy atom. The van der Waals surface area contributed by atoms with E-state index in [1.807, 2.05) is 30.3 Å². The minimum atomic E-state index is -0.455. The number of hydrogen-bond acceptors (Lipinski definition) is 5. The molecule has 1 N–H and O–H groups in total. The molecule has 0 aliphatic rings. The lowest BCUT2D eigenvalue weighted by Gasteiger charge is -2.11. The topological polar surface area (TPSA) is 77.2 Å². The van der Waals surface area contributed by atoms with Crippen LogP contribution in [-0.2, 0) is 6.54 Å². The van der Waals surface area contributed by atoms with Gasteiger partial charge in [-0.05, 0) is 24.3 Å². The van der Waals surface area contributed by atoms with E-state index in [2.05, 4.69) is 15.5 Å². The summed E-state index contributed by atoms with van der Waals surface area (Å²) < 4.78 is 10.7. The van der Waals surface area contributed by atoms with Gasteiger partial charge in [0, 0.05) is 5.56 Å². The normalized spacial score (nSPS) is 10.5. The highest BCUT2D eigenvalue weighted by molar-refractivity contribution is 6.37. The predicted octanol–water partition coefficient (Wildman–Crippen LogP) is 3.98. The van der Waals surface area contributed by atoms with Crippen molar-refractivity contribution in [1.82, 2.24) is 15.5 Å². The first-order chi connectivity index (χ1) is 12.1. The van der Waals surface area contributed by atoms with Crippen LogP contribution < -0.4 is 10.1 Å². The van der Waals surface area contributed by atoms with Crippen LogP contribution in [0.25, 0.3) is 11.5 Å². The number of nitrogens with one attached hydrogen (secondary N) is 1. The van der Waals surface area contributed by atoms with Gasteiger partial charge in [-0.1, -0.05) is 41.4 Å². The standard InChI is InChI=1S/C17H13Cl2N3O3/c1-24-15-12(19)8-7-11(18)14(15)16(23)20-9-13-21-22-17(25-13)10-5-3-2-4-6-10/h2-8H,9H2,1H3,(H,20,23). The van der Waals surface area contributed by atoms with Crippen LogP contribution in [0.2, 0.25) is 10.0 Å². The molecule has 0 aliphatic carbocycles. The van der Waals surface area contributed by atoms with Crippen LogP contribution in [-0.4, -0.2) is 23.2 Å². The highest BCUT2D eigenvalue weighted by Crippen LogP contribution is 2.33. The largest absolute Gasteiger partial charge is 0.494 e. The molecular formula is C17H13Cl2N3O3. The van der Waals surface area contributed by atoms with Crippen molar-refractivity contribution < 1.29 is 13.9 Å². The number of ether oxygens (including phenoxy) is 1. The lowest BCUT2D eigenvalue weighted by atomic mass is 10.2. The van der Waals surface area contributed by atoms with Crippen molar-refractivity contribution in [1.29, 1.82) is 0 Å². The number of carbonyl (C=O) groups is 1. The summed E-state index contributed by atoms with van der Waals surface area (Å²) in [6.45, 7) is 0.0463. The van der Waals surface area contributed by atoms with E-state index < -0.39 is 5.91 Å². The van der Waals surface area contributed by atoms with E-state index in [9.17, 15) is 4.79 Å². The van der Waals surface area contributed by atoms with Gasteiger partial charge in [0.2, 0.25) is 11.8 Å². The minimum Gasteiger partial charge on any atom is -0.494 e. The van der Waals surface area contributed by atoms with Crippen molar-refractivity contribution in [2.24, 2.45) is 0 Å². The molecule has 128 valence electrons. The van der Waals surface area contributed by atoms with Gasteiger partial charge >= 0.3 is 0 Å². The van der Waals surface area contributed by atoms with Gasteiger partial charge in [-0.3, -0.25) is 4.79 Å². The summed E-state index contributed by atoms with van der Waals surface area (Å²) in [5, 5.41) is 11.1. The highest BCUT2D eigenvalue weighted by atomic mass is 35.5. The fourth-order valence-electron chi connectivity index (χ4n) is 2.21. The lowest BCUT2D eigenvalue weighted by Crippen LogP contribution is -2.24. The zero-order valence-corrected chi connectivity index (χ0v) is 14.6. The fraction of sp³-hybridized carbons (Fsp3) is 0.118. The number of aromatic nitrogens is 2. The maximum absolute atomic E-state index is 12.4. The first-order valence-electron chi connectivity index (χ1n) is 7.28. The maximum atomic E-state index is 12.4. The zero-order valence-electron chi connectivity index (χ0n) is 13.1. The van der Waals surface area contributed by atoms with Gasteiger partial charge in [0.05, 0.1) is 23.7 Å². The number of rotatable bonds is 5. The molecule has 1 heterocycles. The summed E-state index contributed by atoms with van der Waals surface area (Å²) in [6, 6.07) is 12.4. The molecule has 0 saturated carbocycles. The Morgan fingerprint density at radius 2 is 1.84 bits per heavy atom. The molecule has 0 atom stereocenters. The minimum absolute atomic E-state index is 0.0463. The van der Waals surface area contributed by atoms with Crippen LogP contribution in [0.15, 0.2) is 46.9 Å². The number of methoxy groups -OCH3 is 1. The van der Waals surface area contributed by atoms with Crippen molar-refractivity contribution in [3.05, 3.63) is 64.0 Å². The summed E-state index contributed by atoms with van der Waals surface area (Å²) in [4.78, 5) is 12.4. The first-order valence-corrected chi connectivity index (χ1v) is 8.03. The number of amides is 1. The van der Waals surface area contributed by atoms with Crippen LogP contribution in [0.1, 0.15) is 16.2 Å². The molecule has 0 spiro atoms. The third-order valence-electron chi connectivity index (χ3n) is 3.38. The Labute approximate surface area is 153 Å². The Hall–Kier alpha value is -2.57. The van der Waals surface area contributed by atoms with Crippen molar-refractivity contribution in [3.8, 4) is 17.2 Å². The molecule has 0 fully saturated rings. The second-order valence-electron chi connectivity index (χ2n) is 4.99. The van der Waals surface area contributed by atoms with Crippen LogP contribution in [0.4, 0.5) is 0 Å². The van der Waals surface area contributed by atoms with E-state index in [0.29, 0.717) is 10.9 Å². The molecule has 0 unspecified atom stereocenters. The number of halogens is 2. The fourth-order valence-corrected chi connectivity index (χ4v) is 2.68. The maximum Gasteiger partial charge on any atom is 0.257 e. The molecule has 0 saturated heterocycles. The summed E-state index contributed by atoms with van der Waals surface area (Å²) >= 11 is 12.1. The van der Waals surface area contributed by atoms with E-state index >= 15 is 0 Å². The molecule has 3 aromatic rings. The number of nitrogens with zero attached hydrogens (tertiary/aromatic N) is 2. The molecule has 0 radical (unpaired) electrons. The third kappa shape index (κ3) is 3.75. The van der Waals surface area contributed by atoms with Crippen molar-refractivity contribution in [2.45, 2.75) is 6.54 Å². The quantitative estimate of drug-likeness (QED) is 0.727. The smallest absolute Gasteiger partial charge is 0.257 e. The summed E-state index contributed by atoms with van der Waals surface area (Å²) in [7, 11) is 1.42. The van der Waals surface area contributed by atoms with Crippen molar-refractivity contribution in [3.63, 3.8) is 0 Å². The van der Waals surface area contributed by atoms with Gasteiger partial charge in [-0.2, -0.15) is 0 Å². The zero-order chi connectivity index (χ0) is 17.8. The summed E-state index contributed by atoms with van der Waals surface area (Å²) in [6.07, 6.45) is 0. The number of hydrogen-bond donors (Lipinski definition) is 1. The summed E-state index contributed by atoms with van der Waals surface area (Å²) in [5.41, 5.74) is 0.951. The van der Waals surface area contributed by atoms with Gasteiger partial charge in [-0.25, -0.2) is 0 Å². The molecule has 1 aromatic heterocycles. The van der Waals surface area contributed by atoms with Crippen LogP contribution in [0.5, 0.6) is 5.75 Å². The van der Waals surface area contributed by atoms with Gasteiger partial charge in [0.1, 0.15) is 5.56 Å². The molecule has 2 aromatic carbocycles. The molecule has 3 rings (SSSR count). The van der Waals surface area contributed by atoms with Crippen LogP contribution >= 0.6 is 23.2 Å². The Morgan fingerprint density at radius 3 is 2.56 bits per heavy atom. The second-order valence-corrected chi connectivity index (χ2v) is 5.80. The van der Waals surface area contributed by atoms with Gasteiger partial charge in [-0.15, -0.1) is 10.2 Å². The van der Waals surface area contributed by atoms with Crippen LogP contribution in [0, 0.1) is 0 Å².